The largest absolute Gasteiger partial charge is 0.357 e. The number of aryl methyl sites for hydroxylation is 1. The summed E-state index contributed by atoms with van der Waals surface area (Å²) in [5.74, 6) is 1.82. The van der Waals surface area contributed by atoms with Crippen LogP contribution < -0.4 is 15.5 Å². The molecule has 6 nitrogen and oxygen atoms in total. The number of hydrogen-bond acceptors (Lipinski definition) is 5. The minimum Gasteiger partial charge on any atom is -0.357 e. The van der Waals surface area contributed by atoms with Gasteiger partial charge in [-0.05, 0) is 39.5 Å². The van der Waals surface area contributed by atoms with Gasteiger partial charge in [0.15, 0.2) is 0 Å². The van der Waals surface area contributed by atoms with Crippen LogP contribution in [0.5, 0.6) is 0 Å². The van der Waals surface area contributed by atoms with Crippen molar-refractivity contribution in [2.75, 3.05) is 23.8 Å². The van der Waals surface area contributed by atoms with E-state index in [1.165, 1.54) is 19.3 Å². The fourth-order valence-corrected chi connectivity index (χ4v) is 4.02. The minimum atomic E-state index is 0.0476. The quantitative estimate of drug-likeness (QED) is 0.878. The highest BCUT2D eigenvalue weighted by Gasteiger charge is 2.32. The van der Waals surface area contributed by atoms with Crippen LogP contribution in [0.2, 0.25) is 0 Å². The lowest BCUT2D eigenvalue weighted by Gasteiger charge is -2.39. The van der Waals surface area contributed by atoms with E-state index in [1.54, 1.807) is 0 Å². The van der Waals surface area contributed by atoms with Crippen molar-refractivity contribution in [1.82, 2.24) is 15.3 Å². The van der Waals surface area contributed by atoms with Gasteiger partial charge in [-0.15, -0.1) is 0 Å². The van der Waals surface area contributed by atoms with E-state index in [4.69, 9.17) is 0 Å². The Balaban J connectivity index is 1.68. The molecule has 2 atom stereocenters. The van der Waals surface area contributed by atoms with Gasteiger partial charge in [0.1, 0.15) is 5.82 Å². The smallest absolute Gasteiger partial charge is 0.225 e. The Morgan fingerprint density at radius 2 is 1.92 bits per heavy atom. The average Bonchev–Trinajstić information content (AvgIpc) is 2.62. The molecule has 1 aromatic rings. The van der Waals surface area contributed by atoms with Gasteiger partial charge in [-0.1, -0.05) is 19.3 Å². The number of hydrogen-bond donors (Lipinski definition) is 2. The van der Waals surface area contributed by atoms with Crippen molar-refractivity contribution >= 4 is 17.7 Å². The van der Waals surface area contributed by atoms with Crippen LogP contribution in [0.1, 0.15) is 57.6 Å². The van der Waals surface area contributed by atoms with Gasteiger partial charge in [-0.25, -0.2) is 4.98 Å². The summed E-state index contributed by atoms with van der Waals surface area (Å²) in [4.78, 5) is 24.0. The molecule has 2 heterocycles. The second-order valence-electron chi connectivity index (χ2n) is 7.56. The predicted molar refractivity (Wildman–Crippen MR) is 101 cm³/mol. The molecule has 1 aliphatic carbocycles. The van der Waals surface area contributed by atoms with Crippen molar-refractivity contribution in [2.45, 2.75) is 70.9 Å². The maximum absolute atomic E-state index is 12.8. The number of rotatable bonds is 4. The van der Waals surface area contributed by atoms with Gasteiger partial charge in [-0.3, -0.25) is 4.79 Å². The molecular weight excluding hydrogens is 314 g/mol. The summed E-state index contributed by atoms with van der Waals surface area (Å²) < 4.78 is 0. The fourth-order valence-electron chi connectivity index (χ4n) is 4.02. The van der Waals surface area contributed by atoms with E-state index < -0.39 is 0 Å². The van der Waals surface area contributed by atoms with Crippen LogP contribution in [0.25, 0.3) is 0 Å². The van der Waals surface area contributed by atoms with Gasteiger partial charge in [0.25, 0.3) is 0 Å². The molecule has 3 rings (SSSR count). The van der Waals surface area contributed by atoms with Crippen LogP contribution in [0, 0.1) is 12.8 Å². The summed E-state index contributed by atoms with van der Waals surface area (Å²) in [7, 11) is 1.83. The number of carbonyl (C=O) groups is 1. The lowest BCUT2D eigenvalue weighted by Crippen LogP contribution is -2.49. The molecule has 1 aromatic heterocycles. The normalized spacial score (nSPS) is 24.8. The van der Waals surface area contributed by atoms with E-state index >= 15 is 0 Å². The monoisotopic (exact) mass is 345 g/mol. The molecule has 1 amide bonds. The number of amides is 1. The highest BCUT2D eigenvalue weighted by atomic mass is 16.2. The van der Waals surface area contributed by atoms with Gasteiger partial charge >= 0.3 is 0 Å². The van der Waals surface area contributed by atoms with Crippen LogP contribution in [0.3, 0.4) is 0 Å². The molecule has 0 radical (unpaired) electrons. The van der Waals surface area contributed by atoms with Gasteiger partial charge in [0.05, 0.1) is 5.92 Å². The highest BCUT2D eigenvalue weighted by Crippen LogP contribution is 2.28. The predicted octanol–water partition coefficient (Wildman–Crippen LogP) is 2.88. The topological polar surface area (TPSA) is 70.2 Å². The molecule has 25 heavy (non-hydrogen) atoms. The number of anilines is 2. The lowest BCUT2D eigenvalue weighted by atomic mass is 9.91. The Kier molecular flexibility index (Phi) is 5.76. The molecular formula is C19H31N5O. The van der Waals surface area contributed by atoms with E-state index in [9.17, 15) is 4.79 Å². The van der Waals surface area contributed by atoms with Crippen molar-refractivity contribution in [1.29, 1.82) is 0 Å². The first-order valence-electron chi connectivity index (χ1n) is 9.67. The Bertz CT molecular complexity index is 599. The lowest BCUT2D eigenvalue weighted by molar-refractivity contribution is -0.126. The standard InChI is InChI=1S/C19H31N5O/c1-13-11-17(23-19(20-3)21-13)24-12-15(10-9-14(24)2)18(25)22-16-7-5-4-6-8-16/h11,14-16H,4-10,12H2,1-3H3,(H,22,25)(H,20,21,23)/t14-,15-/m0/s1. The Hall–Kier alpha value is -1.85. The zero-order valence-electron chi connectivity index (χ0n) is 15.7. The Labute approximate surface area is 150 Å². The highest BCUT2D eigenvalue weighted by molar-refractivity contribution is 5.80. The number of piperidine rings is 1. The van der Waals surface area contributed by atoms with E-state index in [2.05, 4.69) is 32.4 Å². The third-order valence-corrected chi connectivity index (χ3v) is 5.56. The number of nitrogens with one attached hydrogen (secondary N) is 2. The molecule has 1 aliphatic heterocycles. The molecule has 0 spiro atoms. The van der Waals surface area contributed by atoms with Gasteiger partial charge < -0.3 is 15.5 Å². The third-order valence-electron chi connectivity index (χ3n) is 5.56. The van der Waals surface area contributed by atoms with Crippen LogP contribution in [0.4, 0.5) is 11.8 Å². The van der Waals surface area contributed by atoms with Crippen molar-refractivity contribution in [2.24, 2.45) is 5.92 Å². The van der Waals surface area contributed by atoms with Crippen LogP contribution in [0.15, 0.2) is 6.07 Å². The van der Waals surface area contributed by atoms with Crippen LogP contribution in [-0.2, 0) is 4.79 Å². The number of aromatic nitrogens is 2. The van der Waals surface area contributed by atoms with Gasteiger partial charge in [0.2, 0.25) is 11.9 Å². The van der Waals surface area contributed by atoms with Crippen LogP contribution in [-0.4, -0.2) is 41.6 Å². The van der Waals surface area contributed by atoms with Gasteiger partial charge in [0, 0.05) is 37.4 Å². The summed E-state index contributed by atoms with van der Waals surface area (Å²) in [6, 6.07) is 2.78. The summed E-state index contributed by atoms with van der Waals surface area (Å²) >= 11 is 0. The zero-order valence-corrected chi connectivity index (χ0v) is 15.7. The average molecular weight is 345 g/mol. The molecule has 2 N–H and O–H groups in total. The molecule has 1 saturated heterocycles. The number of nitrogens with zero attached hydrogens (tertiary/aromatic N) is 3. The minimum absolute atomic E-state index is 0.0476. The molecule has 2 fully saturated rings. The summed E-state index contributed by atoms with van der Waals surface area (Å²) in [6.07, 6.45) is 8.03. The first kappa shape index (κ1) is 18.0. The molecule has 0 bridgehead atoms. The van der Waals surface area contributed by atoms with E-state index in [-0.39, 0.29) is 11.8 Å². The Morgan fingerprint density at radius 1 is 1.16 bits per heavy atom. The van der Waals surface area contributed by atoms with Crippen molar-refractivity contribution in [3.63, 3.8) is 0 Å². The second-order valence-corrected chi connectivity index (χ2v) is 7.56. The molecule has 1 saturated carbocycles. The summed E-state index contributed by atoms with van der Waals surface area (Å²) in [5.41, 5.74) is 0.940. The summed E-state index contributed by atoms with van der Waals surface area (Å²) in [5, 5.41) is 6.32. The molecule has 2 aliphatic rings. The second kappa shape index (κ2) is 8.02. The third kappa shape index (κ3) is 4.41. The number of carbonyl (C=O) groups excluding carboxylic acids is 1. The molecule has 0 aromatic carbocycles. The van der Waals surface area contributed by atoms with E-state index in [0.29, 0.717) is 18.0 Å². The van der Waals surface area contributed by atoms with E-state index in [1.807, 2.05) is 20.0 Å². The maximum Gasteiger partial charge on any atom is 0.225 e. The maximum atomic E-state index is 12.8. The van der Waals surface area contributed by atoms with Crippen molar-refractivity contribution < 1.29 is 4.79 Å². The van der Waals surface area contributed by atoms with E-state index in [0.717, 1.165) is 43.7 Å². The Morgan fingerprint density at radius 3 is 2.64 bits per heavy atom. The van der Waals surface area contributed by atoms with Crippen molar-refractivity contribution in [3.8, 4) is 0 Å². The summed E-state index contributed by atoms with van der Waals surface area (Å²) in [6.45, 7) is 4.93. The molecule has 0 unspecified atom stereocenters. The molecule has 6 heteroatoms. The zero-order chi connectivity index (χ0) is 17.8. The van der Waals surface area contributed by atoms with Crippen LogP contribution >= 0.6 is 0 Å². The van der Waals surface area contributed by atoms with Gasteiger partial charge in [-0.2, -0.15) is 4.98 Å². The SMILES string of the molecule is CNc1nc(C)cc(N2C[C@@H](C(=O)NC3CCCCC3)CC[C@@H]2C)n1. The molecule has 138 valence electrons. The van der Waals surface area contributed by atoms with Crippen molar-refractivity contribution in [3.05, 3.63) is 11.8 Å². The fraction of sp³-hybridized carbons (Fsp3) is 0.737. The first-order chi connectivity index (χ1) is 12.1. The first-order valence-corrected chi connectivity index (χ1v) is 9.67.